The van der Waals surface area contributed by atoms with Crippen LogP contribution in [-0.2, 0) is 16.2 Å². The summed E-state index contributed by atoms with van der Waals surface area (Å²) in [5.41, 5.74) is 2.01. The SMILES string of the molecule is CCOc1cc(/C=C2/SC(=O)N(CC(=O)Nc3ccc4c(c3)OCCO4)C2=O)cc(Br)c1OCc1ccc(Cl)cc1. The molecule has 0 bridgehead atoms. The van der Waals surface area contributed by atoms with E-state index in [0.717, 1.165) is 22.2 Å². The fourth-order valence-corrected chi connectivity index (χ4v) is 5.60. The fourth-order valence-electron chi connectivity index (χ4n) is 4.06. The number of nitrogens with one attached hydrogen (secondary N) is 1. The molecule has 12 heteroatoms. The molecule has 1 N–H and O–H groups in total. The van der Waals surface area contributed by atoms with Gasteiger partial charge in [-0.1, -0.05) is 23.7 Å². The molecule has 0 aliphatic carbocycles. The highest BCUT2D eigenvalue weighted by Crippen LogP contribution is 2.40. The van der Waals surface area contributed by atoms with Crippen LogP contribution in [0.4, 0.5) is 10.5 Å². The number of anilines is 1. The van der Waals surface area contributed by atoms with Crippen LogP contribution in [0.3, 0.4) is 0 Å². The van der Waals surface area contributed by atoms with Gasteiger partial charge in [-0.15, -0.1) is 0 Å². The Bertz CT molecular complexity index is 1530. The van der Waals surface area contributed by atoms with Crippen LogP contribution >= 0.6 is 39.3 Å². The number of imide groups is 1. The van der Waals surface area contributed by atoms with Crippen LogP contribution in [0.2, 0.25) is 5.02 Å². The van der Waals surface area contributed by atoms with Crippen LogP contribution in [0, 0.1) is 0 Å². The molecule has 212 valence electrons. The smallest absolute Gasteiger partial charge is 0.294 e. The number of thioether (sulfide) groups is 1. The van der Waals surface area contributed by atoms with Gasteiger partial charge in [0.1, 0.15) is 26.4 Å². The minimum atomic E-state index is -0.561. The van der Waals surface area contributed by atoms with Crippen molar-refractivity contribution in [3.05, 3.63) is 80.1 Å². The summed E-state index contributed by atoms with van der Waals surface area (Å²) in [6.07, 6.45) is 1.58. The van der Waals surface area contributed by atoms with Crippen molar-refractivity contribution >= 4 is 68.1 Å². The van der Waals surface area contributed by atoms with Crippen LogP contribution in [0.25, 0.3) is 6.08 Å². The van der Waals surface area contributed by atoms with Crippen molar-refractivity contribution in [1.29, 1.82) is 0 Å². The second-order valence-corrected chi connectivity index (χ2v) is 11.1. The van der Waals surface area contributed by atoms with Gasteiger partial charge in [0.15, 0.2) is 23.0 Å². The summed E-state index contributed by atoms with van der Waals surface area (Å²) in [5, 5.41) is 2.80. The maximum absolute atomic E-state index is 13.1. The van der Waals surface area contributed by atoms with E-state index < -0.39 is 23.6 Å². The highest BCUT2D eigenvalue weighted by atomic mass is 79.9. The molecule has 3 aromatic rings. The Balaban J connectivity index is 1.27. The van der Waals surface area contributed by atoms with E-state index in [2.05, 4.69) is 21.2 Å². The molecule has 1 saturated heterocycles. The summed E-state index contributed by atoms with van der Waals surface area (Å²) >= 11 is 10.3. The Labute approximate surface area is 253 Å². The summed E-state index contributed by atoms with van der Waals surface area (Å²) in [6, 6.07) is 15.8. The second-order valence-electron chi connectivity index (χ2n) is 8.85. The molecule has 0 spiro atoms. The van der Waals surface area contributed by atoms with E-state index in [1.165, 1.54) is 0 Å². The molecule has 0 saturated carbocycles. The number of benzene rings is 3. The molecular weight excluding hydrogens is 636 g/mol. The van der Waals surface area contributed by atoms with Crippen molar-refractivity contribution in [3.63, 3.8) is 0 Å². The molecule has 3 amide bonds. The normalized spacial score (nSPS) is 15.3. The summed E-state index contributed by atoms with van der Waals surface area (Å²) in [6.45, 7) is 2.98. The molecule has 0 atom stereocenters. The van der Waals surface area contributed by atoms with Gasteiger partial charge in [-0.2, -0.15) is 0 Å². The number of rotatable bonds is 9. The van der Waals surface area contributed by atoms with E-state index in [-0.39, 0.29) is 4.91 Å². The summed E-state index contributed by atoms with van der Waals surface area (Å²) in [7, 11) is 0. The molecule has 2 aliphatic rings. The third-order valence-corrected chi connectivity index (χ3v) is 7.68. The fraction of sp³-hybridized carbons (Fsp3) is 0.207. The number of carbonyl (C=O) groups is 3. The van der Waals surface area contributed by atoms with Crippen molar-refractivity contribution < 1.29 is 33.3 Å². The molecule has 0 radical (unpaired) electrons. The van der Waals surface area contributed by atoms with Crippen molar-refractivity contribution in [1.82, 2.24) is 4.90 Å². The van der Waals surface area contributed by atoms with Crippen molar-refractivity contribution in [2.24, 2.45) is 0 Å². The molecule has 2 heterocycles. The van der Waals surface area contributed by atoms with Gasteiger partial charge in [0.25, 0.3) is 11.1 Å². The zero-order valence-corrected chi connectivity index (χ0v) is 24.9. The Kier molecular flexibility index (Phi) is 9.06. The molecule has 0 aromatic heterocycles. The van der Waals surface area contributed by atoms with Crippen LogP contribution in [0.15, 0.2) is 64.0 Å². The third kappa shape index (κ3) is 6.98. The van der Waals surface area contributed by atoms with Crippen LogP contribution in [-0.4, -0.2) is 48.3 Å². The van der Waals surface area contributed by atoms with Crippen molar-refractivity contribution in [2.45, 2.75) is 13.5 Å². The molecule has 2 aliphatic heterocycles. The number of fused-ring (bicyclic) bond motifs is 1. The van der Waals surface area contributed by atoms with Crippen LogP contribution in [0.1, 0.15) is 18.1 Å². The second kappa shape index (κ2) is 12.9. The number of carbonyl (C=O) groups excluding carboxylic acids is 3. The van der Waals surface area contributed by atoms with Gasteiger partial charge in [-0.05, 0) is 88.2 Å². The molecular formula is C29H24BrClN2O7S. The quantitative estimate of drug-likeness (QED) is 0.259. The number of hydrogen-bond donors (Lipinski definition) is 1. The molecule has 0 unspecified atom stereocenters. The number of nitrogens with zero attached hydrogens (tertiary/aromatic N) is 1. The number of halogens is 2. The number of ether oxygens (including phenoxy) is 4. The topological polar surface area (TPSA) is 103 Å². The monoisotopic (exact) mass is 658 g/mol. The van der Waals surface area contributed by atoms with Gasteiger partial charge >= 0.3 is 0 Å². The van der Waals surface area contributed by atoms with E-state index in [1.807, 2.05) is 19.1 Å². The van der Waals surface area contributed by atoms with Crippen LogP contribution in [0.5, 0.6) is 23.0 Å². The predicted octanol–water partition coefficient (Wildman–Crippen LogP) is 6.53. The highest BCUT2D eigenvalue weighted by Gasteiger charge is 2.36. The van der Waals surface area contributed by atoms with Gasteiger partial charge < -0.3 is 24.3 Å². The lowest BCUT2D eigenvalue weighted by Gasteiger charge is -2.19. The van der Waals surface area contributed by atoms with Crippen LogP contribution < -0.4 is 24.3 Å². The Hall–Kier alpha value is -3.67. The zero-order valence-electron chi connectivity index (χ0n) is 21.8. The van der Waals surface area contributed by atoms with E-state index in [4.69, 9.17) is 30.5 Å². The Morgan fingerprint density at radius 2 is 1.83 bits per heavy atom. The van der Waals surface area contributed by atoms with Gasteiger partial charge in [-0.25, -0.2) is 0 Å². The lowest BCUT2D eigenvalue weighted by Crippen LogP contribution is -2.36. The van der Waals surface area contributed by atoms with Gasteiger partial charge in [0.2, 0.25) is 5.91 Å². The zero-order chi connectivity index (χ0) is 28.9. The lowest BCUT2D eigenvalue weighted by atomic mass is 10.1. The van der Waals surface area contributed by atoms with Gasteiger partial charge in [0, 0.05) is 16.8 Å². The Morgan fingerprint density at radius 3 is 2.59 bits per heavy atom. The lowest BCUT2D eigenvalue weighted by molar-refractivity contribution is -0.127. The van der Waals surface area contributed by atoms with Gasteiger partial charge in [0.05, 0.1) is 16.0 Å². The minimum Gasteiger partial charge on any atom is -0.490 e. The standard InChI is InChI=1S/C29H24BrClN2O7S/c1-2-37-24-12-18(11-21(30)27(24)40-16-17-3-5-19(31)6-4-17)13-25-28(35)33(29(36)41-25)15-26(34)32-20-7-8-22-23(14-20)39-10-9-38-22/h3-8,11-14H,2,9-10,15-16H2,1H3,(H,32,34)/b25-13+. The molecule has 5 rings (SSSR count). The van der Waals surface area contributed by atoms with E-state index in [9.17, 15) is 14.4 Å². The maximum Gasteiger partial charge on any atom is 0.294 e. The maximum atomic E-state index is 13.1. The first-order valence-electron chi connectivity index (χ1n) is 12.6. The predicted molar refractivity (Wildman–Crippen MR) is 160 cm³/mol. The van der Waals surface area contributed by atoms with E-state index in [1.54, 1.807) is 48.5 Å². The number of amides is 3. The molecule has 3 aromatic carbocycles. The largest absolute Gasteiger partial charge is 0.490 e. The van der Waals surface area contributed by atoms with Gasteiger partial charge in [-0.3, -0.25) is 19.3 Å². The number of hydrogen-bond acceptors (Lipinski definition) is 8. The summed E-state index contributed by atoms with van der Waals surface area (Å²) in [4.78, 5) is 39.5. The average molecular weight is 660 g/mol. The first-order chi connectivity index (χ1) is 19.8. The average Bonchev–Trinajstić information content (AvgIpc) is 3.20. The third-order valence-electron chi connectivity index (χ3n) is 5.93. The summed E-state index contributed by atoms with van der Waals surface area (Å²) in [5.74, 6) is 0.999. The first-order valence-corrected chi connectivity index (χ1v) is 14.6. The molecule has 9 nitrogen and oxygen atoms in total. The molecule has 1 fully saturated rings. The first kappa shape index (κ1) is 28.8. The molecule has 41 heavy (non-hydrogen) atoms. The van der Waals surface area contributed by atoms with Crippen molar-refractivity contribution in [3.8, 4) is 23.0 Å². The highest BCUT2D eigenvalue weighted by molar-refractivity contribution is 9.10. The van der Waals surface area contributed by atoms with E-state index in [0.29, 0.717) is 70.2 Å². The Morgan fingerprint density at radius 1 is 1.07 bits per heavy atom. The summed E-state index contributed by atoms with van der Waals surface area (Å²) < 4.78 is 23.4. The van der Waals surface area contributed by atoms with Crippen molar-refractivity contribution in [2.75, 3.05) is 31.7 Å². The minimum absolute atomic E-state index is 0.186. The van der Waals surface area contributed by atoms with E-state index >= 15 is 0 Å².